The van der Waals surface area contributed by atoms with Crippen molar-refractivity contribution >= 4 is 5.57 Å². The predicted molar refractivity (Wildman–Crippen MR) is 94.6 cm³/mol. The van der Waals surface area contributed by atoms with E-state index in [-0.39, 0.29) is 12.5 Å². The van der Waals surface area contributed by atoms with E-state index in [0.717, 1.165) is 29.8 Å². The zero-order valence-electron chi connectivity index (χ0n) is 14.6. The fourth-order valence-electron chi connectivity index (χ4n) is 2.54. The number of aliphatic hydroxyl groups is 1. The Morgan fingerprint density at radius 2 is 2.08 bits per heavy atom. The topological polar surface area (TPSA) is 68.1 Å². The van der Waals surface area contributed by atoms with E-state index in [1.807, 2.05) is 32.0 Å². The summed E-state index contributed by atoms with van der Waals surface area (Å²) in [5.74, 6) is 1.20. The van der Waals surface area contributed by atoms with Gasteiger partial charge in [0.15, 0.2) is 5.75 Å². The van der Waals surface area contributed by atoms with Crippen molar-refractivity contribution in [2.75, 3.05) is 6.61 Å². The molecule has 128 valence electrons. The number of nitrogens with zero attached hydrogens (tertiary/aromatic N) is 3. The molecule has 2 rings (SSSR count). The van der Waals surface area contributed by atoms with Crippen molar-refractivity contribution in [1.82, 2.24) is 15.0 Å². The van der Waals surface area contributed by atoms with Crippen molar-refractivity contribution in [2.45, 2.75) is 40.2 Å². The molecule has 5 nitrogen and oxygen atoms in total. The highest BCUT2D eigenvalue weighted by molar-refractivity contribution is 5.67. The van der Waals surface area contributed by atoms with Gasteiger partial charge in [-0.05, 0) is 38.0 Å². The van der Waals surface area contributed by atoms with Crippen LogP contribution in [0.2, 0.25) is 0 Å². The summed E-state index contributed by atoms with van der Waals surface area (Å²) < 4.78 is 5.90. The number of hydrogen-bond donors (Lipinski definition) is 1. The van der Waals surface area contributed by atoms with Crippen molar-refractivity contribution in [3.8, 4) is 5.75 Å². The Morgan fingerprint density at radius 3 is 2.75 bits per heavy atom. The Bertz CT molecular complexity index is 701. The zero-order valence-corrected chi connectivity index (χ0v) is 14.6. The Kier molecular flexibility index (Phi) is 6.44. The second-order valence-corrected chi connectivity index (χ2v) is 5.88. The summed E-state index contributed by atoms with van der Waals surface area (Å²) in [7, 11) is 0. The maximum Gasteiger partial charge on any atom is 0.164 e. The predicted octanol–water partition coefficient (Wildman–Crippen LogP) is 3.49. The number of aliphatic hydroxyl groups excluding tert-OH is 1. The number of ether oxygens (including phenoxy) is 1. The fourth-order valence-corrected chi connectivity index (χ4v) is 2.54. The van der Waals surface area contributed by atoms with Gasteiger partial charge in [0.2, 0.25) is 0 Å². The molecule has 0 bridgehead atoms. The molecule has 0 fully saturated rings. The largest absolute Gasteiger partial charge is 0.483 e. The Labute approximate surface area is 143 Å². The molecule has 2 heterocycles. The lowest BCUT2D eigenvalue weighted by Crippen LogP contribution is -2.11. The van der Waals surface area contributed by atoms with Crippen LogP contribution in [0.1, 0.15) is 42.7 Å². The van der Waals surface area contributed by atoms with E-state index in [4.69, 9.17) is 4.74 Å². The third kappa shape index (κ3) is 4.61. The first-order valence-electron chi connectivity index (χ1n) is 8.24. The molecule has 0 saturated carbocycles. The first-order chi connectivity index (χ1) is 11.5. The molecule has 0 saturated heterocycles. The normalized spacial score (nSPS) is 12.0. The van der Waals surface area contributed by atoms with Crippen molar-refractivity contribution in [1.29, 1.82) is 0 Å². The van der Waals surface area contributed by atoms with E-state index in [1.165, 1.54) is 0 Å². The summed E-state index contributed by atoms with van der Waals surface area (Å²) in [5, 5.41) is 9.63. The van der Waals surface area contributed by atoms with Crippen molar-refractivity contribution in [3.05, 3.63) is 53.9 Å². The number of aromatic nitrogens is 3. The fraction of sp³-hybridized carbons (Fsp3) is 0.421. The molecule has 24 heavy (non-hydrogen) atoms. The van der Waals surface area contributed by atoms with E-state index in [9.17, 15) is 5.11 Å². The molecule has 0 amide bonds. The van der Waals surface area contributed by atoms with Crippen LogP contribution in [-0.2, 0) is 6.61 Å². The first kappa shape index (κ1) is 18.1. The minimum Gasteiger partial charge on any atom is -0.483 e. The van der Waals surface area contributed by atoms with Crippen LogP contribution >= 0.6 is 0 Å². The van der Waals surface area contributed by atoms with Gasteiger partial charge in [-0.15, -0.1) is 0 Å². The number of hydrogen-bond acceptors (Lipinski definition) is 5. The van der Waals surface area contributed by atoms with E-state index in [2.05, 4.69) is 28.5 Å². The average Bonchev–Trinajstić information content (AvgIpc) is 2.58. The molecule has 2 aromatic rings. The van der Waals surface area contributed by atoms with Gasteiger partial charge < -0.3 is 9.84 Å². The molecule has 0 aliphatic heterocycles. The van der Waals surface area contributed by atoms with Gasteiger partial charge in [0, 0.05) is 18.2 Å². The second-order valence-electron chi connectivity index (χ2n) is 5.88. The smallest absolute Gasteiger partial charge is 0.164 e. The monoisotopic (exact) mass is 327 g/mol. The number of pyridine rings is 1. The van der Waals surface area contributed by atoms with Gasteiger partial charge in [0.1, 0.15) is 18.1 Å². The number of rotatable bonds is 8. The van der Waals surface area contributed by atoms with Crippen LogP contribution in [0, 0.1) is 19.8 Å². The van der Waals surface area contributed by atoms with Gasteiger partial charge in [0.25, 0.3) is 0 Å². The van der Waals surface area contributed by atoms with Crippen LogP contribution < -0.4 is 4.74 Å². The first-order valence-corrected chi connectivity index (χ1v) is 8.24. The highest BCUT2D eigenvalue weighted by Crippen LogP contribution is 2.30. The lowest BCUT2D eigenvalue weighted by Gasteiger charge is -2.18. The van der Waals surface area contributed by atoms with Crippen molar-refractivity contribution in [3.63, 3.8) is 0 Å². The summed E-state index contributed by atoms with van der Waals surface area (Å²) >= 11 is 0. The molecule has 0 aliphatic rings. The molecule has 0 spiro atoms. The van der Waals surface area contributed by atoms with Gasteiger partial charge in [-0.1, -0.05) is 26.0 Å². The standard InChI is InChI=1S/C19H25N3O2/c1-5-7-16(11-23)14(3)19-18(10-20-15(4)22-19)24-12-17-9-6-8-13(2)21-17/h6,8-10,16,23H,3,5,7,11-12H2,1-2,4H3/t16-/m0/s1. The molecule has 1 atom stereocenters. The Balaban J connectivity index is 2.22. The van der Waals surface area contributed by atoms with Gasteiger partial charge in [-0.2, -0.15) is 0 Å². The summed E-state index contributed by atoms with van der Waals surface area (Å²) in [6, 6.07) is 5.82. The van der Waals surface area contributed by atoms with E-state index >= 15 is 0 Å². The van der Waals surface area contributed by atoms with Crippen LogP contribution in [0.5, 0.6) is 5.75 Å². The third-order valence-electron chi connectivity index (χ3n) is 3.85. The molecule has 0 radical (unpaired) electrons. The van der Waals surface area contributed by atoms with Crippen molar-refractivity contribution < 1.29 is 9.84 Å². The maximum absolute atomic E-state index is 9.63. The van der Waals surface area contributed by atoms with E-state index in [1.54, 1.807) is 6.20 Å². The number of aryl methyl sites for hydroxylation is 2. The van der Waals surface area contributed by atoms with Gasteiger partial charge >= 0.3 is 0 Å². The van der Waals surface area contributed by atoms with Crippen LogP contribution in [0.15, 0.2) is 31.0 Å². The summed E-state index contributed by atoms with van der Waals surface area (Å²) in [4.78, 5) is 13.1. The van der Waals surface area contributed by atoms with E-state index in [0.29, 0.717) is 23.9 Å². The van der Waals surface area contributed by atoms with Gasteiger partial charge in [0.05, 0.1) is 11.9 Å². The zero-order chi connectivity index (χ0) is 17.5. The molecule has 1 N–H and O–H groups in total. The van der Waals surface area contributed by atoms with Crippen molar-refractivity contribution in [2.24, 2.45) is 5.92 Å². The molecular formula is C19H25N3O2. The molecule has 5 heteroatoms. The van der Waals surface area contributed by atoms with Crippen LogP contribution in [0.3, 0.4) is 0 Å². The van der Waals surface area contributed by atoms with Crippen LogP contribution in [-0.4, -0.2) is 26.7 Å². The highest BCUT2D eigenvalue weighted by Gasteiger charge is 2.18. The van der Waals surface area contributed by atoms with Crippen LogP contribution in [0.25, 0.3) is 5.57 Å². The van der Waals surface area contributed by atoms with Gasteiger partial charge in [-0.3, -0.25) is 4.98 Å². The molecule has 2 aromatic heterocycles. The lowest BCUT2D eigenvalue weighted by molar-refractivity contribution is 0.249. The summed E-state index contributed by atoms with van der Waals surface area (Å²) in [6.45, 7) is 10.4. The highest BCUT2D eigenvalue weighted by atomic mass is 16.5. The molecule has 0 unspecified atom stereocenters. The lowest BCUT2D eigenvalue weighted by atomic mass is 9.93. The third-order valence-corrected chi connectivity index (χ3v) is 3.85. The summed E-state index contributed by atoms with van der Waals surface area (Å²) in [6.07, 6.45) is 3.49. The minimum absolute atomic E-state index is 0.0243. The quantitative estimate of drug-likeness (QED) is 0.804. The second kappa shape index (κ2) is 8.55. The summed E-state index contributed by atoms with van der Waals surface area (Å²) in [5.41, 5.74) is 3.25. The maximum atomic E-state index is 9.63. The Hall–Kier alpha value is -2.27. The minimum atomic E-state index is -0.0243. The molecule has 0 aliphatic carbocycles. The SMILES string of the molecule is C=C(c1nc(C)ncc1OCc1cccc(C)n1)[C@H](CO)CCC. The van der Waals surface area contributed by atoms with E-state index < -0.39 is 0 Å². The van der Waals surface area contributed by atoms with Crippen LogP contribution in [0.4, 0.5) is 0 Å². The molecular weight excluding hydrogens is 302 g/mol. The molecule has 0 aromatic carbocycles. The Morgan fingerprint density at radius 1 is 1.29 bits per heavy atom. The van der Waals surface area contributed by atoms with Gasteiger partial charge in [-0.25, -0.2) is 9.97 Å². The average molecular weight is 327 g/mol.